The van der Waals surface area contributed by atoms with Crippen LogP contribution in [0.15, 0.2) is 109 Å². The van der Waals surface area contributed by atoms with Crippen molar-refractivity contribution in [2.75, 3.05) is 0 Å². The van der Waals surface area contributed by atoms with Gasteiger partial charge < -0.3 is 5.11 Å². The van der Waals surface area contributed by atoms with Crippen molar-refractivity contribution >= 4 is 38.2 Å². The van der Waals surface area contributed by atoms with Crippen molar-refractivity contribution in [3.8, 4) is 22.4 Å². The van der Waals surface area contributed by atoms with E-state index in [1.54, 1.807) is 0 Å². The summed E-state index contributed by atoms with van der Waals surface area (Å²) in [4.78, 5) is 19.8. The number of carbonyl (C=O) groups is 1. The zero-order valence-electron chi connectivity index (χ0n) is 24.4. The largest absolute Gasteiger partial charge is 0.512 e. The summed E-state index contributed by atoms with van der Waals surface area (Å²) < 4.78 is 0. The number of rotatable bonds is 3. The third-order valence-corrected chi connectivity index (χ3v) is 6.97. The number of carbonyl (C=O) groups excluding carboxylic acids is 1. The van der Waals surface area contributed by atoms with Crippen molar-refractivity contribution < 1.29 is 30.0 Å². The average Bonchev–Trinajstić information content (AvgIpc) is 2.95. The standard InChI is InChI=1S/C32H25N2.C5H8O2.Ir/c1-32(2,3)29-19-23(18-22-12-7-8-13-24(22)29)30-28-20-34-31-25(21-10-5-4-6-11-21)14-9-15-27(31)26(28)16-17-33-30;1-4(6)3-5(2)7;/h4-17,19-20H,1-3H3;3,6H,1-2H3;/q-1;;/b;4-3-;. The monoisotopic (exact) mass is 730 g/mol. The summed E-state index contributed by atoms with van der Waals surface area (Å²) in [6, 6.07) is 33.4. The minimum absolute atomic E-state index is 0. The molecule has 1 radical (unpaired) electrons. The first kappa shape index (κ1) is 30.8. The van der Waals surface area contributed by atoms with Crippen LogP contribution in [0.1, 0.15) is 40.2 Å². The number of benzene rings is 4. The van der Waals surface area contributed by atoms with Crippen LogP contribution in [0.25, 0.3) is 54.8 Å². The van der Waals surface area contributed by atoms with Gasteiger partial charge in [0, 0.05) is 55.2 Å². The van der Waals surface area contributed by atoms with Crippen molar-refractivity contribution in [1.82, 2.24) is 9.97 Å². The van der Waals surface area contributed by atoms with E-state index in [2.05, 4.69) is 106 Å². The van der Waals surface area contributed by atoms with Crippen LogP contribution >= 0.6 is 0 Å². The molecule has 4 nitrogen and oxygen atoms in total. The maximum absolute atomic E-state index is 10.0. The molecule has 0 aliphatic carbocycles. The average molecular weight is 730 g/mol. The molecule has 213 valence electrons. The van der Waals surface area contributed by atoms with Crippen LogP contribution in [-0.2, 0) is 30.3 Å². The van der Waals surface area contributed by atoms with Crippen LogP contribution in [-0.4, -0.2) is 20.9 Å². The third kappa shape index (κ3) is 6.49. The van der Waals surface area contributed by atoms with Crippen molar-refractivity contribution in [1.29, 1.82) is 0 Å². The summed E-state index contributed by atoms with van der Waals surface area (Å²) in [6.45, 7) is 9.63. The summed E-state index contributed by atoms with van der Waals surface area (Å²) in [6.07, 6.45) is 5.05. The van der Waals surface area contributed by atoms with Crippen LogP contribution in [0.3, 0.4) is 0 Å². The predicted molar refractivity (Wildman–Crippen MR) is 170 cm³/mol. The van der Waals surface area contributed by atoms with Gasteiger partial charge in [-0.3, -0.25) is 14.8 Å². The summed E-state index contributed by atoms with van der Waals surface area (Å²) in [7, 11) is 0. The second-order valence-electron chi connectivity index (χ2n) is 11.2. The number of hydrogen-bond donors (Lipinski definition) is 1. The van der Waals surface area contributed by atoms with E-state index in [9.17, 15) is 4.79 Å². The Kier molecular flexibility index (Phi) is 9.36. The number of pyridine rings is 2. The molecule has 4 aromatic carbocycles. The zero-order valence-corrected chi connectivity index (χ0v) is 26.8. The number of ketones is 1. The quantitative estimate of drug-likeness (QED) is 0.0854. The van der Waals surface area contributed by atoms with Gasteiger partial charge in [0.05, 0.1) is 11.3 Å². The van der Waals surface area contributed by atoms with Crippen LogP contribution < -0.4 is 0 Å². The molecule has 0 spiro atoms. The molecule has 0 saturated heterocycles. The molecule has 42 heavy (non-hydrogen) atoms. The van der Waals surface area contributed by atoms with Gasteiger partial charge in [-0.15, -0.1) is 29.1 Å². The molecule has 5 heteroatoms. The first-order chi connectivity index (χ1) is 19.6. The molecule has 6 aromatic rings. The molecule has 0 unspecified atom stereocenters. The number of nitrogens with zero attached hydrogens (tertiary/aromatic N) is 2. The summed E-state index contributed by atoms with van der Waals surface area (Å²) >= 11 is 0. The van der Waals surface area contributed by atoms with Crippen LogP contribution in [0.2, 0.25) is 0 Å². The SMILES string of the molecule is CC(=O)/C=C(/C)O.CC(C)(C)c1cc(-c2nccc3c2cnc2c(-c4ccccc4)cccc23)[c-]c2ccccc12.[Ir]. The zero-order chi connectivity index (χ0) is 29.1. The van der Waals surface area contributed by atoms with E-state index >= 15 is 0 Å². The Morgan fingerprint density at radius 2 is 1.50 bits per heavy atom. The molecule has 0 bridgehead atoms. The van der Waals surface area contributed by atoms with Crippen molar-refractivity contribution in [2.24, 2.45) is 0 Å². The van der Waals surface area contributed by atoms with Crippen molar-refractivity contribution in [2.45, 2.75) is 40.0 Å². The normalized spacial score (nSPS) is 11.6. The molecule has 0 fully saturated rings. The number of aliphatic hydroxyl groups excluding tert-OH is 1. The molecule has 2 aromatic heterocycles. The molecular weight excluding hydrogens is 697 g/mol. The van der Waals surface area contributed by atoms with E-state index in [1.807, 2.05) is 18.5 Å². The topological polar surface area (TPSA) is 63.1 Å². The molecule has 0 amide bonds. The summed E-state index contributed by atoms with van der Waals surface area (Å²) in [5.74, 6) is -0.0625. The molecule has 6 rings (SSSR count). The molecule has 0 saturated carbocycles. The van der Waals surface area contributed by atoms with Crippen molar-refractivity contribution in [3.05, 3.63) is 121 Å². The van der Waals surface area contributed by atoms with Gasteiger partial charge in [0.15, 0.2) is 5.78 Å². The first-order valence-corrected chi connectivity index (χ1v) is 13.7. The number of fused-ring (bicyclic) bond motifs is 4. The number of hydrogen-bond acceptors (Lipinski definition) is 4. The molecule has 0 atom stereocenters. The maximum atomic E-state index is 10.0. The minimum Gasteiger partial charge on any atom is -0.512 e. The smallest absolute Gasteiger partial charge is 0.155 e. The van der Waals surface area contributed by atoms with Gasteiger partial charge in [-0.25, -0.2) is 0 Å². The molecule has 0 aliphatic rings. The van der Waals surface area contributed by atoms with Gasteiger partial charge in [-0.1, -0.05) is 98.5 Å². The molecule has 2 heterocycles. The Labute approximate surface area is 260 Å². The van der Waals surface area contributed by atoms with Gasteiger partial charge in [0.25, 0.3) is 0 Å². The van der Waals surface area contributed by atoms with E-state index in [1.165, 1.54) is 36.4 Å². The Bertz CT molecular complexity index is 1920. The third-order valence-electron chi connectivity index (χ3n) is 6.97. The van der Waals surface area contributed by atoms with Crippen LogP contribution in [0.5, 0.6) is 0 Å². The number of allylic oxidation sites excluding steroid dienone is 2. The number of para-hydroxylation sites is 1. The Hall–Kier alpha value is -4.18. The summed E-state index contributed by atoms with van der Waals surface area (Å²) in [5, 5.41) is 14.1. The van der Waals surface area contributed by atoms with Gasteiger partial charge in [-0.05, 0) is 41.7 Å². The van der Waals surface area contributed by atoms with Crippen molar-refractivity contribution in [3.63, 3.8) is 0 Å². The van der Waals surface area contributed by atoms with E-state index < -0.39 is 0 Å². The predicted octanol–water partition coefficient (Wildman–Crippen LogP) is 9.40. The van der Waals surface area contributed by atoms with Gasteiger partial charge in [-0.2, -0.15) is 0 Å². The Balaban J connectivity index is 0.000000454. The fourth-order valence-corrected chi connectivity index (χ4v) is 5.21. The fraction of sp³-hybridized carbons (Fsp3) is 0.162. The van der Waals surface area contributed by atoms with E-state index in [4.69, 9.17) is 15.1 Å². The maximum Gasteiger partial charge on any atom is 0.155 e. The van der Waals surface area contributed by atoms with Gasteiger partial charge in [0.2, 0.25) is 0 Å². The Morgan fingerprint density at radius 1 is 0.810 bits per heavy atom. The molecule has 0 aliphatic heterocycles. The minimum atomic E-state index is -0.125. The van der Waals surface area contributed by atoms with Gasteiger partial charge in [0.1, 0.15) is 0 Å². The van der Waals surface area contributed by atoms with E-state index in [-0.39, 0.29) is 37.1 Å². The second kappa shape index (κ2) is 12.8. The fourth-order valence-electron chi connectivity index (χ4n) is 5.21. The van der Waals surface area contributed by atoms with E-state index in [0.717, 1.165) is 43.9 Å². The molecule has 1 N–H and O–H groups in total. The summed E-state index contributed by atoms with van der Waals surface area (Å²) in [5.41, 5.74) is 6.57. The van der Waals surface area contributed by atoms with Crippen LogP contribution in [0, 0.1) is 6.07 Å². The first-order valence-electron chi connectivity index (χ1n) is 13.7. The second-order valence-corrected chi connectivity index (χ2v) is 11.2. The van der Waals surface area contributed by atoms with Crippen LogP contribution in [0.4, 0.5) is 0 Å². The Morgan fingerprint density at radius 3 is 2.17 bits per heavy atom. The molecular formula is C37H33IrN2O2-. The number of aliphatic hydroxyl groups is 1. The number of aromatic nitrogens is 2. The van der Waals surface area contributed by atoms with Gasteiger partial charge >= 0.3 is 0 Å². The van der Waals surface area contributed by atoms with E-state index in [0.29, 0.717) is 0 Å².